The summed E-state index contributed by atoms with van der Waals surface area (Å²) in [7, 11) is 0. The Morgan fingerprint density at radius 2 is 1.94 bits per heavy atom. The highest BCUT2D eigenvalue weighted by atomic mass is 19.4. The van der Waals surface area contributed by atoms with E-state index in [1.807, 2.05) is 0 Å². The summed E-state index contributed by atoms with van der Waals surface area (Å²) in [6.45, 7) is 1.20. The Balaban J connectivity index is 1.90. The van der Waals surface area contributed by atoms with Gasteiger partial charge in [0, 0.05) is 19.7 Å². The Labute approximate surface area is 104 Å². The van der Waals surface area contributed by atoms with Crippen molar-refractivity contribution in [3.63, 3.8) is 0 Å². The van der Waals surface area contributed by atoms with E-state index in [4.69, 9.17) is 0 Å². The molecule has 1 aliphatic heterocycles. The lowest BCUT2D eigenvalue weighted by atomic mass is 10.4. The van der Waals surface area contributed by atoms with Gasteiger partial charge in [0.15, 0.2) is 0 Å². The van der Waals surface area contributed by atoms with Gasteiger partial charge in [0.2, 0.25) is 5.91 Å². The zero-order chi connectivity index (χ0) is 13.4. The number of nitrogens with zero attached hydrogens (tertiary/aromatic N) is 1. The molecule has 0 atom stereocenters. The highest BCUT2D eigenvalue weighted by Crippen LogP contribution is 2.14. The zero-order valence-electron chi connectivity index (χ0n) is 10.3. The molecule has 0 aliphatic carbocycles. The van der Waals surface area contributed by atoms with E-state index < -0.39 is 12.8 Å². The molecule has 0 aromatic carbocycles. The third-order valence-corrected chi connectivity index (χ3v) is 2.64. The molecule has 0 aromatic heterocycles. The van der Waals surface area contributed by atoms with E-state index in [0.29, 0.717) is 13.0 Å². The minimum Gasteiger partial charge on any atom is -0.372 e. The van der Waals surface area contributed by atoms with Crippen molar-refractivity contribution in [1.29, 1.82) is 0 Å². The Morgan fingerprint density at radius 3 is 2.56 bits per heavy atom. The smallest absolute Gasteiger partial charge is 0.372 e. The number of ether oxygens (including phenoxy) is 1. The van der Waals surface area contributed by atoms with Crippen molar-refractivity contribution in [3.8, 4) is 0 Å². The molecule has 0 bridgehead atoms. The van der Waals surface area contributed by atoms with Crippen LogP contribution in [0.1, 0.15) is 19.3 Å². The first kappa shape index (κ1) is 15.2. The van der Waals surface area contributed by atoms with E-state index in [-0.39, 0.29) is 19.1 Å². The summed E-state index contributed by atoms with van der Waals surface area (Å²) >= 11 is 0. The quantitative estimate of drug-likeness (QED) is 0.705. The minimum atomic E-state index is -4.26. The average molecular weight is 268 g/mol. The number of carbonyl (C=O) groups excluding carboxylic acids is 1. The number of amides is 1. The summed E-state index contributed by atoms with van der Waals surface area (Å²) in [4.78, 5) is 13.3. The summed E-state index contributed by atoms with van der Waals surface area (Å²) in [6, 6.07) is 0. The topological polar surface area (TPSA) is 41.6 Å². The monoisotopic (exact) mass is 268 g/mol. The van der Waals surface area contributed by atoms with Crippen LogP contribution in [-0.4, -0.2) is 56.4 Å². The van der Waals surface area contributed by atoms with Gasteiger partial charge in [-0.05, 0) is 25.8 Å². The van der Waals surface area contributed by atoms with E-state index in [1.165, 1.54) is 0 Å². The van der Waals surface area contributed by atoms with Gasteiger partial charge in [0.25, 0.3) is 0 Å². The molecule has 1 rings (SSSR count). The number of alkyl halides is 3. The number of rotatable bonds is 7. The summed E-state index contributed by atoms with van der Waals surface area (Å²) in [5, 5.41) is 2.91. The van der Waals surface area contributed by atoms with Crippen LogP contribution in [0.3, 0.4) is 0 Å². The van der Waals surface area contributed by atoms with Gasteiger partial charge in [-0.15, -0.1) is 0 Å². The average Bonchev–Trinajstić information content (AvgIpc) is 2.79. The van der Waals surface area contributed by atoms with Crippen LogP contribution in [0.4, 0.5) is 13.2 Å². The van der Waals surface area contributed by atoms with Gasteiger partial charge in [-0.25, -0.2) is 0 Å². The molecule has 0 aromatic rings. The molecule has 1 saturated heterocycles. The summed E-state index contributed by atoms with van der Waals surface area (Å²) in [5.74, 6) is 0.0590. The van der Waals surface area contributed by atoms with Crippen LogP contribution in [0.2, 0.25) is 0 Å². The first-order chi connectivity index (χ1) is 8.49. The second kappa shape index (κ2) is 7.58. The van der Waals surface area contributed by atoms with Gasteiger partial charge in [-0.2, -0.15) is 13.2 Å². The molecule has 0 spiro atoms. The molecule has 18 heavy (non-hydrogen) atoms. The van der Waals surface area contributed by atoms with Crippen LogP contribution < -0.4 is 5.32 Å². The Hall–Kier alpha value is -0.820. The standard InChI is InChI=1S/C11H19F3N2O2/c12-11(13,14)9-18-7-3-4-15-8-10(17)16-5-1-2-6-16/h15H,1-9H2. The molecule has 0 radical (unpaired) electrons. The van der Waals surface area contributed by atoms with Crippen molar-refractivity contribution < 1.29 is 22.7 Å². The maximum Gasteiger partial charge on any atom is 0.411 e. The zero-order valence-corrected chi connectivity index (χ0v) is 10.3. The molecule has 1 N–H and O–H groups in total. The fourth-order valence-electron chi connectivity index (χ4n) is 1.76. The van der Waals surface area contributed by atoms with E-state index in [0.717, 1.165) is 25.9 Å². The molecule has 0 unspecified atom stereocenters. The molecule has 1 amide bonds. The van der Waals surface area contributed by atoms with Crippen molar-refractivity contribution in [1.82, 2.24) is 10.2 Å². The lowest BCUT2D eigenvalue weighted by molar-refractivity contribution is -0.173. The van der Waals surface area contributed by atoms with Crippen LogP contribution in [0.5, 0.6) is 0 Å². The summed E-state index contributed by atoms with van der Waals surface area (Å²) < 4.78 is 39.6. The number of likely N-dealkylation sites (tertiary alicyclic amines) is 1. The van der Waals surface area contributed by atoms with Crippen LogP contribution in [0.15, 0.2) is 0 Å². The Bertz CT molecular complexity index is 253. The largest absolute Gasteiger partial charge is 0.411 e. The van der Waals surface area contributed by atoms with Gasteiger partial charge in [0.1, 0.15) is 6.61 Å². The number of carbonyl (C=O) groups is 1. The van der Waals surface area contributed by atoms with Crippen LogP contribution in [0.25, 0.3) is 0 Å². The van der Waals surface area contributed by atoms with Gasteiger partial charge in [-0.1, -0.05) is 0 Å². The molecular weight excluding hydrogens is 249 g/mol. The van der Waals surface area contributed by atoms with Crippen molar-refractivity contribution in [2.45, 2.75) is 25.4 Å². The molecular formula is C11H19F3N2O2. The molecule has 1 fully saturated rings. The fourth-order valence-corrected chi connectivity index (χ4v) is 1.76. The van der Waals surface area contributed by atoms with Crippen molar-refractivity contribution >= 4 is 5.91 Å². The second-order valence-electron chi connectivity index (χ2n) is 4.29. The molecule has 0 saturated carbocycles. The highest BCUT2D eigenvalue weighted by molar-refractivity contribution is 5.78. The SMILES string of the molecule is O=C(CNCCCOCC(F)(F)F)N1CCCC1. The van der Waals surface area contributed by atoms with Gasteiger partial charge < -0.3 is 15.0 Å². The lowest BCUT2D eigenvalue weighted by Crippen LogP contribution is -2.36. The second-order valence-corrected chi connectivity index (χ2v) is 4.29. The third kappa shape index (κ3) is 6.80. The normalized spacial score (nSPS) is 16.3. The van der Waals surface area contributed by atoms with Crippen molar-refractivity contribution in [3.05, 3.63) is 0 Å². The number of halogens is 3. The predicted octanol–water partition coefficient (Wildman–Crippen LogP) is 1.17. The third-order valence-electron chi connectivity index (χ3n) is 2.64. The molecule has 1 aliphatic rings. The minimum absolute atomic E-state index is 0.0460. The maximum absolute atomic E-state index is 11.7. The summed E-state index contributed by atoms with van der Waals surface area (Å²) in [6.07, 6.45) is -1.70. The van der Waals surface area contributed by atoms with Gasteiger partial charge >= 0.3 is 6.18 Å². The van der Waals surface area contributed by atoms with Crippen molar-refractivity contribution in [2.75, 3.05) is 39.4 Å². The number of nitrogens with one attached hydrogen (secondary N) is 1. The first-order valence-corrected chi connectivity index (χ1v) is 6.12. The fraction of sp³-hybridized carbons (Fsp3) is 0.909. The maximum atomic E-state index is 11.7. The number of hydrogen-bond donors (Lipinski definition) is 1. The summed E-state index contributed by atoms with van der Waals surface area (Å²) in [5.41, 5.74) is 0. The van der Waals surface area contributed by atoms with Crippen LogP contribution in [-0.2, 0) is 9.53 Å². The first-order valence-electron chi connectivity index (χ1n) is 6.12. The van der Waals surface area contributed by atoms with Gasteiger partial charge in [0.05, 0.1) is 6.54 Å². The van der Waals surface area contributed by atoms with E-state index in [2.05, 4.69) is 10.1 Å². The number of hydrogen-bond acceptors (Lipinski definition) is 3. The molecule has 1 heterocycles. The Morgan fingerprint density at radius 1 is 1.28 bits per heavy atom. The highest BCUT2D eigenvalue weighted by Gasteiger charge is 2.27. The van der Waals surface area contributed by atoms with Crippen LogP contribution >= 0.6 is 0 Å². The predicted molar refractivity (Wildman–Crippen MR) is 60.2 cm³/mol. The van der Waals surface area contributed by atoms with Crippen LogP contribution in [0, 0.1) is 0 Å². The van der Waals surface area contributed by atoms with E-state index in [1.54, 1.807) is 4.90 Å². The Kier molecular flexibility index (Phi) is 6.42. The van der Waals surface area contributed by atoms with Gasteiger partial charge in [-0.3, -0.25) is 4.79 Å². The molecule has 7 heteroatoms. The van der Waals surface area contributed by atoms with E-state index >= 15 is 0 Å². The molecule has 4 nitrogen and oxygen atoms in total. The lowest BCUT2D eigenvalue weighted by Gasteiger charge is -2.15. The van der Waals surface area contributed by atoms with Crippen molar-refractivity contribution in [2.24, 2.45) is 0 Å². The van der Waals surface area contributed by atoms with E-state index in [9.17, 15) is 18.0 Å². The molecule has 106 valence electrons.